The summed E-state index contributed by atoms with van der Waals surface area (Å²) in [5.41, 5.74) is 7.72. The molecule has 0 aliphatic carbocycles. The van der Waals surface area contributed by atoms with Crippen LogP contribution < -0.4 is 23.7 Å². The molecule has 2 heterocycles. The summed E-state index contributed by atoms with van der Waals surface area (Å²) in [6.45, 7) is 5.78. The number of anilines is 1. The van der Waals surface area contributed by atoms with Crippen molar-refractivity contribution in [2.45, 2.75) is 24.8 Å². The van der Waals surface area contributed by atoms with Crippen molar-refractivity contribution in [2.24, 2.45) is 0 Å². The number of fused-ring (bicyclic) bond motifs is 2. The molecule has 8 rings (SSSR count). The van der Waals surface area contributed by atoms with E-state index in [9.17, 15) is 13.0 Å². The zero-order valence-corrected chi connectivity index (χ0v) is 36.6. The van der Waals surface area contributed by atoms with Crippen LogP contribution in [0.1, 0.15) is 18.4 Å². The van der Waals surface area contributed by atoms with Crippen LogP contribution in [0.5, 0.6) is 17.2 Å². The smallest absolute Gasteiger partial charge is 0.294 e. The summed E-state index contributed by atoms with van der Waals surface area (Å²) in [4.78, 5) is 1.97. The third-order valence-corrected chi connectivity index (χ3v) is 12.5. The van der Waals surface area contributed by atoms with Crippen molar-refractivity contribution in [1.29, 1.82) is 0 Å². The number of nitrogens with zero attached hydrogens (tertiary/aromatic N) is 2. The van der Waals surface area contributed by atoms with Crippen LogP contribution in [0.15, 0.2) is 174 Å². The molecule has 6 aromatic carbocycles. The van der Waals surface area contributed by atoms with E-state index in [0.717, 1.165) is 56.4 Å². The molecule has 0 bridgehead atoms. The van der Waals surface area contributed by atoms with Gasteiger partial charge >= 0.3 is 0 Å². The van der Waals surface area contributed by atoms with Crippen LogP contribution in [0.2, 0.25) is 0 Å². The van der Waals surface area contributed by atoms with Crippen LogP contribution in [0.4, 0.5) is 5.69 Å². The Morgan fingerprint density at radius 3 is 1.94 bits per heavy atom. The minimum absolute atomic E-state index is 0.189. The minimum atomic E-state index is -4.27. The molecule has 1 aromatic heterocycles. The van der Waals surface area contributed by atoms with Gasteiger partial charge in [-0.1, -0.05) is 109 Å². The predicted molar refractivity (Wildman–Crippen MR) is 249 cm³/mol. The second-order valence-corrected chi connectivity index (χ2v) is 17.2. The first-order chi connectivity index (χ1) is 30.8. The van der Waals surface area contributed by atoms with Crippen LogP contribution in [-0.4, -0.2) is 59.2 Å². The number of aromatic nitrogens is 1. The molecule has 7 aromatic rings. The lowest BCUT2D eigenvalue weighted by Gasteiger charge is -2.19. The van der Waals surface area contributed by atoms with Gasteiger partial charge in [-0.05, 0) is 88.8 Å². The maximum absolute atomic E-state index is 11.4. The average Bonchev–Trinajstić information content (AvgIpc) is 3.84. The van der Waals surface area contributed by atoms with Crippen molar-refractivity contribution in [3.05, 3.63) is 174 Å². The lowest BCUT2D eigenvalue weighted by Crippen LogP contribution is -2.37. The fourth-order valence-electron chi connectivity index (χ4n) is 7.24. The SMILES string of the molecule is CCC(=Cc1sc2ccc(-c3ccccc3)cc2[n+]1CCOCCOc1ccccc1)C=C1Oc2ccc(-c3ccccc3)cc2N1CCOCCOc1ccc(S(=O)(=O)O)cc1. The highest BCUT2D eigenvalue weighted by Crippen LogP contribution is 2.42. The average molecular weight is 882 g/mol. The van der Waals surface area contributed by atoms with E-state index in [1.165, 1.54) is 34.5 Å². The summed E-state index contributed by atoms with van der Waals surface area (Å²) in [5, 5.41) is 1.11. The number of allylic oxidation sites excluding steroid dienone is 2. The highest BCUT2D eigenvalue weighted by atomic mass is 32.2. The van der Waals surface area contributed by atoms with E-state index in [0.29, 0.717) is 57.8 Å². The molecule has 0 amide bonds. The quantitative estimate of drug-likeness (QED) is 0.0455. The van der Waals surface area contributed by atoms with Gasteiger partial charge in [0.2, 0.25) is 11.4 Å². The van der Waals surface area contributed by atoms with Gasteiger partial charge in [0.05, 0.1) is 30.4 Å². The van der Waals surface area contributed by atoms with Gasteiger partial charge in [-0.3, -0.25) is 4.55 Å². The zero-order chi connectivity index (χ0) is 43.4. The van der Waals surface area contributed by atoms with Gasteiger partial charge < -0.3 is 28.6 Å². The Hall–Kier alpha value is -6.28. The van der Waals surface area contributed by atoms with E-state index in [2.05, 4.69) is 95.3 Å². The first-order valence-corrected chi connectivity index (χ1v) is 23.2. The van der Waals surface area contributed by atoms with Crippen molar-refractivity contribution in [3.63, 3.8) is 0 Å². The summed E-state index contributed by atoms with van der Waals surface area (Å²) < 4.78 is 66.0. The van der Waals surface area contributed by atoms with Gasteiger partial charge in [-0.25, -0.2) is 0 Å². The summed E-state index contributed by atoms with van der Waals surface area (Å²) >= 11 is 1.76. The van der Waals surface area contributed by atoms with Crippen molar-refractivity contribution in [3.8, 4) is 39.5 Å². The van der Waals surface area contributed by atoms with Gasteiger partial charge in [0.15, 0.2) is 12.3 Å². The Morgan fingerprint density at radius 1 is 0.683 bits per heavy atom. The molecule has 0 saturated heterocycles. The number of thiazole rings is 1. The van der Waals surface area contributed by atoms with E-state index in [-0.39, 0.29) is 11.5 Å². The molecule has 322 valence electrons. The third kappa shape index (κ3) is 11.2. The number of hydrogen-bond donors (Lipinski definition) is 1. The molecule has 0 spiro atoms. The summed E-state index contributed by atoms with van der Waals surface area (Å²) in [6.07, 6.45) is 5.15. The maximum atomic E-state index is 11.4. The molecule has 10 nitrogen and oxygen atoms in total. The molecule has 63 heavy (non-hydrogen) atoms. The molecule has 0 radical (unpaired) electrons. The fraction of sp³-hybridized carbons (Fsp3) is 0.196. The maximum Gasteiger partial charge on any atom is 0.294 e. The third-order valence-electron chi connectivity index (χ3n) is 10.5. The van der Waals surface area contributed by atoms with Crippen molar-refractivity contribution in [1.82, 2.24) is 0 Å². The van der Waals surface area contributed by atoms with Gasteiger partial charge in [-0.15, -0.1) is 0 Å². The summed E-state index contributed by atoms with van der Waals surface area (Å²) in [6, 6.07) is 49.1. The molecule has 0 atom stereocenters. The molecule has 0 fully saturated rings. The number of hydrogen-bond acceptors (Lipinski definition) is 9. The number of rotatable bonds is 20. The van der Waals surface area contributed by atoms with Gasteiger partial charge in [0.1, 0.15) is 36.0 Å². The first kappa shape index (κ1) is 43.4. The Morgan fingerprint density at radius 2 is 1.29 bits per heavy atom. The summed E-state index contributed by atoms with van der Waals surface area (Å²) in [5.74, 6) is 2.78. The predicted octanol–water partition coefficient (Wildman–Crippen LogP) is 10.5. The molecular formula is C51H49N2O8S2+. The Kier molecular flexibility index (Phi) is 14.3. The molecule has 0 unspecified atom stereocenters. The van der Waals surface area contributed by atoms with E-state index in [1.54, 1.807) is 11.3 Å². The Labute approximate surface area is 372 Å². The molecule has 1 aliphatic heterocycles. The highest BCUT2D eigenvalue weighted by Gasteiger charge is 2.28. The highest BCUT2D eigenvalue weighted by molar-refractivity contribution is 7.85. The number of benzene rings is 6. The molecule has 1 aliphatic rings. The Balaban J connectivity index is 1.02. The zero-order valence-electron chi connectivity index (χ0n) is 35.0. The van der Waals surface area contributed by atoms with E-state index < -0.39 is 10.1 Å². The summed E-state index contributed by atoms with van der Waals surface area (Å²) in [7, 11) is -4.27. The first-order valence-electron chi connectivity index (χ1n) is 20.9. The lowest BCUT2D eigenvalue weighted by atomic mass is 10.0. The lowest BCUT2D eigenvalue weighted by molar-refractivity contribution is -0.670. The fourth-order valence-corrected chi connectivity index (χ4v) is 8.86. The minimum Gasteiger partial charge on any atom is -0.491 e. The van der Waals surface area contributed by atoms with E-state index in [1.807, 2.05) is 60.7 Å². The molecular weight excluding hydrogens is 833 g/mol. The molecule has 1 N–H and O–H groups in total. The van der Waals surface area contributed by atoms with Crippen LogP contribution in [-0.2, 0) is 26.1 Å². The topological polar surface area (TPSA) is 108 Å². The van der Waals surface area contributed by atoms with Crippen molar-refractivity contribution < 1.29 is 41.2 Å². The monoisotopic (exact) mass is 881 g/mol. The van der Waals surface area contributed by atoms with E-state index in [4.69, 9.17) is 23.7 Å². The second-order valence-electron chi connectivity index (χ2n) is 14.7. The number of ether oxygens (including phenoxy) is 5. The largest absolute Gasteiger partial charge is 0.491 e. The standard InChI is InChI=1S/C51H48N2O8S2/c1-2-38(35-51-53(27-29-58-30-32-59-43-16-10-5-11-17-43)47-37-42(19-25-49(47)62-51)40-14-8-4-9-15-40)34-50-52(46-36-41(18-24-48(46)61-50)39-12-6-3-7-13-39)26-28-57-31-33-60-44-20-22-45(23-21-44)63(54,55)56/h3-25,34-37H,2,26-33H2,1H3/p+1. The number of para-hydroxylation sites is 1. The van der Waals surface area contributed by atoms with Crippen LogP contribution >= 0.6 is 11.3 Å². The molecule has 0 saturated carbocycles. The van der Waals surface area contributed by atoms with Crippen molar-refractivity contribution >= 4 is 43.4 Å². The molecule has 12 heteroatoms. The van der Waals surface area contributed by atoms with Crippen LogP contribution in [0.25, 0.3) is 38.5 Å². The van der Waals surface area contributed by atoms with Crippen molar-refractivity contribution in [2.75, 3.05) is 51.1 Å². The second kappa shape index (κ2) is 20.7. The van der Waals surface area contributed by atoms with Crippen LogP contribution in [0, 0.1) is 0 Å². The van der Waals surface area contributed by atoms with Gasteiger partial charge in [0.25, 0.3) is 15.1 Å². The van der Waals surface area contributed by atoms with Crippen LogP contribution in [0.3, 0.4) is 0 Å². The normalized spacial score (nSPS) is 13.3. The van der Waals surface area contributed by atoms with E-state index >= 15 is 0 Å². The van der Waals surface area contributed by atoms with Gasteiger partial charge in [-0.2, -0.15) is 13.0 Å². The van der Waals surface area contributed by atoms with Gasteiger partial charge in [0, 0.05) is 24.8 Å². The Bertz CT molecular complexity index is 2780.